The molecule has 5 heteroatoms. The first-order chi connectivity index (χ1) is 12.1. The van der Waals surface area contributed by atoms with Gasteiger partial charge < -0.3 is 14.8 Å². The van der Waals surface area contributed by atoms with E-state index in [0.29, 0.717) is 37.6 Å². The first kappa shape index (κ1) is 15.7. The Morgan fingerprint density at radius 1 is 1.04 bits per heavy atom. The molecule has 2 aromatic carbocycles. The predicted octanol–water partition coefficient (Wildman–Crippen LogP) is 3.58. The Kier molecular flexibility index (Phi) is 3.92. The van der Waals surface area contributed by atoms with Crippen molar-refractivity contribution in [3.05, 3.63) is 65.6 Å². The number of para-hydroxylation sites is 1. The minimum atomic E-state index is -0.215. The van der Waals surface area contributed by atoms with Gasteiger partial charge in [0.05, 0.1) is 5.69 Å². The van der Waals surface area contributed by atoms with Gasteiger partial charge in [0.2, 0.25) is 0 Å². The van der Waals surface area contributed by atoms with Gasteiger partial charge in [-0.05, 0) is 36.8 Å². The van der Waals surface area contributed by atoms with Crippen LogP contribution in [-0.2, 0) is 0 Å². The van der Waals surface area contributed by atoms with E-state index < -0.39 is 0 Å². The van der Waals surface area contributed by atoms with Crippen LogP contribution in [0.4, 0.5) is 10.1 Å². The van der Waals surface area contributed by atoms with Gasteiger partial charge in [0.15, 0.2) is 0 Å². The van der Waals surface area contributed by atoms with Crippen molar-refractivity contribution >= 4 is 22.5 Å². The van der Waals surface area contributed by atoms with E-state index in [2.05, 4.69) is 4.98 Å². The topological polar surface area (TPSA) is 39.3 Å². The van der Waals surface area contributed by atoms with E-state index in [9.17, 15) is 9.18 Å². The van der Waals surface area contributed by atoms with Crippen molar-refractivity contribution in [1.29, 1.82) is 0 Å². The van der Waals surface area contributed by atoms with Gasteiger partial charge in [-0.15, -0.1) is 0 Å². The molecule has 0 radical (unpaired) electrons. The molecule has 1 saturated heterocycles. The molecular weight excluding hydrogens is 317 g/mol. The average molecular weight is 337 g/mol. The van der Waals surface area contributed by atoms with Crippen LogP contribution in [0.5, 0.6) is 0 Å². The van der Waals surface area contributed by atoms with E-state index in [4.69, 9.17) is 0 Å². The lowest BCUT2D eigenvalue weighted by molar-refractivity contribution is 0.0741. The molecule has 0 unspecified atom stereocenters. The summed E-state index contributed by atoms with van der Waals surface area (Å²) < 4.78 is 13.9. The van der Waals surface area contributed by atoms with Crippen LogP contribution in [0.2, 0.25) is 0 Å². The number of hydrogen-bond acceptors (Lipinski definition) is 2. The Morgan fingerprint density at radius 3 is 2.56 bits per heavy atom. The second-order valence-corrected chi connectivity index (χ2v) is 6.50. The minimum absolute atomic E-state index is 0.00189. The van der Waals surface area contributed by atoms with Crippen LogP contribution < -0.4 is 4.90 Å². The largest absolute Gasteiger partial charge is 0.366 e. The molecule has 128 valence electrons. The molecule has 3 aromatic rings. The third kappa shape index (κ3) is 2.97. The molecule has 2 heterocycles. The molecule has 0 saturated carbocycles. The zero-order valence-corrected chi connectivity index (χ0v) is 14.1. The highest BCUT2D eigenvalue weighted by molar-refractivity contribution is 5.98. The summed E-state index contributed by atoms with van der Waals surface area (Å²) in [6, 6.07) is 14.8. The molecule has 1 N–H and O–H groups in total. The lowest BCUT2D eigenvalue weighted by Gasteiger charge is -2.36. The monoisotopic (exact) mass is 337 g/mol. The molecule has 4 rings (SSSR count). The maximum atomic E-state index is 13.9. The lowest BCUT2D eigenvalue weighted by Crippen LogP contribution is -2.49. The fraction of sp³-hybridized carbons (Fsp3) is 0.250. The molecule has 1 aliphatic rings. The highest BCUT2D eigenvalue weighted by Gasteiger charge is 2.24. The van der Waals surface area contributed by atoms with E-state index >= 15 is 0 Å². The number of fused-ring (bicyclic) bond motifs is 1. The van der Waals surface area contributed by atoms with Gasteiger partial charge in [-0.3, -0.25) is 4.79 Å². The minimum Gasteiger partial charge on any atom is -0.366 e. The van der Waals surface area contributed by atoms with Crippen molar-refractivity contribution in [2.45, 2.75) is 6.92 Å². The standard InChI is InChI=1S/C20H20FN3O/c1-14-6-7-15-13-18(22-17(15)12-14)20(25)24-10-8-23(9-11-24)19-5-3-2-4-16(19)21/h2-7,12-13,22H,8-11H2,1H3. The zero-order chi connectivity index (χ0) is 17.4. The fourth-order valence-electron chi connectivity index (χ4n) is 3.39. The van der Waals surface area contributed by atoms with Gasteiger partial charge in [0, 0.05) is 37.1 Å². The lowest BCUT2D eigenvalue weighted by atomic mass is 10.2. The van der Waals surface area contributed by atoms with Crippen molar-refractivity contribution in [2.75, 3.05) is 31.1 Å². The SMILES string of the molecule is Cc1ccc2cc(C(=O)N3CCN(c4ccccc4F)CC3)[nH]c2c1. The van der Waals surface area contributed by atoms with E-state index in [-0.39, 0.29) is 11.7 Å². The van der Waals surface area contributed by atoms with Crippen LogP contribution in [-0.4, -0.2) is 42.0 Å². The van der Waals surface area contributed by atoms with Crippen LogP contribution >= 0.6 is 0 Å². The number of nitrogens with one attached hydrogen (secondary N) is 1. The Bertz CT molecular complexity index is 926. The highest BCUT2D eigenvalue weighted by atomic mass is 19.1. The number of aryl methyl sites for hydroxylation is 1. The van der Waals surface area contributed by atoms with E-state index in [0.717, 1.165) is 16.5 Å². The summed E-state index contributed by atoms with van der Waals surface area (Å²) in [4.78, 5) is 19.8. The molecule has 1 aromatic heterocycles. The average Bonchev–Trinajstić information content (AvgIpc) is 3.05. The first-order valence-electron chi connectivity index (χ1n) is 8.50. The third-order valence-corrected chi connectivity index (χ3v) is 4.77. The van der Waals surface area contributed by atoms with Crippen LogP contribution in [0.15, 0.2) is 48.5 Å². The number of H-pyrrole nitrogens is 1. The predicted molar refractivity (Wildman–Crippen MR) is 97.6 cm³/mol. The molecular formula is C20H20FN3O. The fourth-order valence-corrected chi connectivity index (χ4v) is 3.39. The molecule has 25 heavy (non-hydrogen) atoms. The van der Waals surface area contributed by atoms with Crippen molar-refractivity contribution in [2.24, 2.45) is 0 Å². The molecule has 0 spiro atoms. The second kappa shape index (κ2) is 6.24. The normalized spacial score (nSPS) is 15.0. The Balaban J connectivity index is 1.48. The first-order valence-corrected chi connectivity index (χ1v) is 8.50. The molecule has 1 fully saturated rings. The number of anilines is 1. The number of rotatable bonds is 2. The second-order valence-electron chi connectivity index (χ2n) is 6.50. The highest BCUT2D eigenvalue weighted by Crippen LogP contribution is 2.22. The zero-order valence-electron chi connectivity index (χ0n) is 14.1. The van der Waals surface area contributed by atoms with E-state index in [1.807, 2.05) is 47.1 Å². The smallest absolute Gasteiger partial charge is 0.270 e. The quantitative estimate of drug-likeness (QED) is 0.776. The molecule has 1 amide bonds. The Morgan fingerprint density at radius 2 is 1.80 bits per heavy atom. The van der Waals surface area contributed by atoms with Gasteiger partial charge in [-0.25, -0.2) is 4.39 Å². The van der Waals surface area contributed by atoms with Gasteiger partial charge >= 0.3 is 0 Å². The number of nitrogens with zero attached hydrogens (tertiary/aromatic N) is 2. The molecule has 4 nitrogen and oxygen atoms in total. The summed E-state index contributed by atoms with van der Waals surface area (Å²) in [6.45, 7) is 4.46. The number of carbonyl (C=O) groups excluding carboxylic acids is 1. The van der Waals surface area contributed by atoms with Gasteiger partial charge in [-0.2, -0.15) is 0 Å². The number of aromatic amines is 1. The Labute approximate surface area is 145 Å². The summed E-state index contributed by atoms with van der Waals surface area (Å²) in [5.41, 5.74) is 3.36. The maximum Gasteiger partial charge on any atom is 0.270 e. The van der Waals surface area contributed by atoms with Gasteiger partial charge in [-0.1, -0.05) is 24.3 Å². The number of aromatic nitrogens is 1. The van der Waals surface area contributed by atoms with E-state index in [1.54, 1.807) is 12.1 Å². The third-order valence-electron chi connectivity index (χ3n) is 4.77. The van der Waals surface area contributed by atoms with Crippen LogP contribution in [0.1, 0.15) is 16.1 Å². The van der Waals surface area contributed by atoms with Crippen LogP contribution in [0.3, 0.4) is 0 Å². The summed E-state index contributed by atoms with van der Waals surface area (Å²) in [5, 5.41) is 1.04. The summed E-state index contributed by atoms with van der Waals surface area (Å²) in [7, 11) is 0. The van der Waals surface area contributed by atoms with Crippen molar-refractivity contribution in [1.82, 2.24) is 9.88 Å². The van der Waals surface area contributed by atoms with Gasteiger partial charge in [0.1, 0.15) is 11.5 Å². The number of halogens is 1. The summed E-state index contributed by atoms with van der Waals surface area (Å²) in [6.07, 6.45) is 0. The number of carbonyl (C=O) groups is 1. The number of hydrogen-bond donors (Lipinski definition) is 1. The molecule has 0 bridgehead atoms. The van der Waals surface area contributed by atoms with Crippen molar-refractivity contribution in [3.63, 3.8) is 0 Å². The number of benzene rings is 2. The van der Waals surface area contributed by atoms with E-state index in [1.165, 1.54) is 6.07 Å². The molecule has 0 atom stereocenters. The maximum absolute atomic E-state index is 13.9. The number of piperazine rings is 1. The summed E-state index contributed by atoms with van der Waals surface area (Å²) >= 11 is 0. The van der Waals surface area contributed by atoms with Crippen molar-refractivity contribution < 1.29 is 9.18 Å². The molecule has 0 aliphatic carbocycles. The summed E-state index contributed by atoms with van der Waals surface area (Å²) in [5.74, 6) is -0.213. The Hall–Kier alpha value is -2.82. The van der Waals surface area contributed by atoms with Crippen LogP contribution in [0.25, 0.3) is 10.9 Å². The number of amides is 1. The van der Waals surface area contributed by atoms with Gasteiger partial charge in [0.25, 0.3) is 5.91 Å². The van der Waals surface area contributed by atoms with Crippen LogP contribution in [0, 0.1) is 12.7 Å². The van der Waals surface area contributed by atoms with Crippen molar-refractivity contribution in [3.8, 4) is 0 Å². The molecule has 1 aliphatic heterocycles.